The standard InChI is InChI=1S/C21H21Br2N3O2S2/c22-14-16-4-6-20(7-5-16)30(27,28)26-10-8-25(9-11-26)21-24-19(15-29-21)13-17-2-1-3-18(23)12-17/h1-7,12,15H,8-11,13-14H2. The minimum atomic E-state index is -3.46. The molecular weight excluding hydrogens is 550 g/mol. The third-order valence-corrected chi connectivity index (χ3v) is 9.04. The Kier molecular flexibility index (Phi) is 6.94. The summed E-state index contributed by atoms with van der Waals surface area (Å²) >= 11 is 8.51. The fourth-order valence-electron chi connectivity index (χ4n) is 3.40. The van der Waals surface area contributed by atoms with E-state index in [0.29, 0.717) is 36.4 Å². The van der Waals surface area contributed by atoms with Gasteiger partial charge in [0.15, 0.2) is 5.13 Å². The van der Waals surface area contributed by atoms with Crippen LogP contribution in [0.25, 0.3) is 0 Å². The van der Waals surface area contributed by atoms with Crippen LogP contribution in [0.4, 0.5) is 5.13 Å². The third-order valence-electron chi connectivity index (χ3n) is 5.04. The highest BCUT2D eigenvalue weighted by Gasteiger charge is 2.29. The summed E-state index contributed by atoms with van der Waals surface area (Å²) in [5, 5.41) is 3.76. The lowest BCUT2D eigenvalue weighted by atomic mass is 10.1. The Morgan fingerprint density at radius 1 is 1.00 bits per heavy atom. The summed E-state index contributed by atoms with van der Waals surface area (Å²) in [5.41, 5.74) is 3.30. The quantitative estimate of drug-likeness (QED) is 0.395. The van der Waals surface area contributed by atoms with Crippen LogP contribution in [0.3, 0.4) is 0 Å². The van der Waals surface area contributed by atoms with E-state index in [0.717, 1.165) is 27.3 Å². The van der Waals surface area contributed by atoms with E-state index in [4.69, 9.17) is 4.98 Å². The zero-order valence-electron chi connectivity index (χ0n) is 16.2. The minimum Gasteiger partial charge on any atom is -0.345 e. The van der Waals surface area contributed by atoms with Gasteiger partial charge in [-0.25, -0.2) is 13.4 Å². The van der Waals surface area contributed by atoms with Crippen LogP contribution in [0.5, 0.6) is 0 Å². The van der Waals surface area contributed by atoms with Crippen molar-refractivity contribution in [1.82, 2.24) is 9.29 Å². The van der Waals surface area contributed by atoms with Gasteiger partial charge >= 0.3 is 0 Å². The van der Waals surface area contributed by atoms with Crippen molar-refractivity contribution in [2.24, 2.45) is 0 Å². The number of hydrogen-bond acceptors (Lipinski definition) is 5. The van der Waals surface area contributed by atoms with Gasteiger partial charge in [0.25, 0.3) is 0 Å². The number of thiazole rings is 1. The summed E-state index contributed by atoms with van der Waals surface area (Å²) in [7, 11) is -3.46. The molecule has 0 radical (unpaired) electrons. The Morgan fingerprint density at radius 3 is 2.40 bits per heavy atom. The summed E-state index contributed by atoms with van der Waals surface area (Å²) in [6.07, 6.45) is 0.786. The molecule has 0 bridgehead atoms. The summed E-state index contributed by atoms with van der Waals surface area (Å²) in [6, 6.07) is 15.3. The number of alkyl halides is 1. The van der Waals surface area contributed by atoms with Gasteiger partial charge in [-0.1, -0.05) is 56.1 Å². The highest BCUT2D eigenvalue weighted by atomic mass is 79.9. The molecule has 1 saturated heterocycles. The number of nitrogens with zero attached hydrogens (tertiary/aromatic N) is 3. The van der Waals surface area contributed by atoms with Gasteiger partial charge in [-0.2, -0.15) is 4.31 Å². The third kappa shape index (κ3) is 4.96. The van der Waals surface area contributed by atoms with E-state index in [1.807, 2.05) is 24.3 Å². The first kappa shape index (κ1) is 22.0. The molecule has 2 aromatic carbocycles. The molecule has 9 heteroatoms. The van der Waals surface area contributed by atoms with Crippen molar-refractivity contribution in [3.05, 3.63) is 75.2 Å². The van der Waals surface area contributed by atoms with Crippen molar-refractivity contribution in [2.45, 2.75) is 16.6 Å². The summed E-state index contributed by atoms with van der Waals surface area (Å²) in [5.74, 6) is 0. The molecule has 0 unspecified atom stereocenters. The lowest BCUT2D eigenvalue weighted by Gasteiger charge is -2.33. The fraction of sp³-hybridized carbons (Fsp3) is 0.286. The van der Waals surface area contributed by atoms with Gasteiger partial charge in [0.1, 0.15) is 0 Å². The Bertz CT molecular complexity index is 1110. The van der Waals surface area contributed by atoms with Gasteiger partial charge < -0.3 is 4.90 Å². The lowest BCUT2D eigenvalue weighted by Crippen LogP contribution is -2.48. The smallest absolute Gasteiger partial charge is 0.243 e. The SMILES string of the molecule is O=S(=O)(c1ccc(CBr)cc1)N1CCN(c2nc(Cc3cccc(Br)c3)cs2)CC1. The average molecular weight is 571 g/mol. The largest absolute Gasteiger partial charge is 0.345 e. The van der Waals surface area contributed by atoms with E-state index in [1.54, 1.807) is 27.8 Å². The molecule has 5 nitrogen and oxygen atoms in total. The zero-order valence-corrected chi connectivity index (χ0v) is 21.0. The molecule has 0 amide bonds. The maximum Gasteiger partial charge on any atom is 0.243 e. The Labute approximate surface area is 198 Å². The van der Waals surface area contributed by atoms with Gasteiger partial charge in [-0.3, -0.25) is 0 Å². The number of halogens is 2. The second-order valence-corrected chi connectivity index (χ2v) is 11.3. The molecular formula is C21H21Br2N3O2S2. The molecule has 1 aromatic heterocycles. The molecule has 0 aliphatic carbocycles. The molecule has 0 N–H and O–H groups in total. The van der Waals surface area contributed by atoms with Crippen LogP contribution in [-0.2, 0) is 21.8 Å². The second kappa shape index (κ2) is 9.48. The van der Waals surface area contributed by atoms with Gasteiger partial charge in [0, 0.05) is 47.8 Å². The first-order valence-electron chi connectivity index (χ1n) is 9.54. The molecule has 0 saturated carbocycles. The van der Waals surface area contributed by atoms with Crippen LogP contribution in [0, 0.1) is 0 Å². The van der Waals surface area contributed by atoms with Crippen molar-refractivity contribution in [2.75, 3.05) is 31.1 Å². The second-order valence-electron chi connectivity index (χ2n) is 7.10. The molecule has 0 atom stereocenters. The molecule has 2 heterocycles. The van der Waals surface area contributed by atoms with E-state index in [-0.39, 0.29) is 0 Å². The molecule has 0 spiro atoms. The number of piperazine rings is 1. The van der Waals surface area contributed by atoms with E-state index in [1.165, 1.54) is 5.56 Å². The lowest BCUT2D eigenvalue weighted by molar-refractivity contribution is 0.384. The highest BCUT2D eigenvalue weighted by molar-refractivity contribution is 9.10. The number of anilines is 1. The molecule has 1 aliphatic rings. The van der Waals surface area contributed by atoms with Crippen LogP contribution in [0.15, 0.2) is 63.3 Å². The Morgan fingerprint density at radius 2 is 1.73 bits per heavy atom. The monoisotopic (exact) mass is 569 g/mol. The van der Waals surface area contributed by atoms with Crippen molar-refractivity contribution < 1.29 is 8.42 Å². The van der Waals surface area contributed by atoms with Crippen molar-refractivity contribution >= 4 is 58.4 Å². The summed E-state index contributed by atoms with van der Waals surface area (Å²) < 4.78 is 28.5. The molecule has 3 aromatic rings. The van der Waals surface area contributed by atoms with Gasteiger partial charge in [-0.05, 0) is 35.4 Å². The van der Waals surface area contributed by atoms with Crippen LogP contribution in [0.1, 0.15) is 16.8 Å². The molecule has 1 aliphatic heterocycles. The first-order valence-corrected chi connectivity index (χ1v) is 13.8. The zero-order chi connectivity index (χ0) is 21.1. The van der Waals surface area contributed by atoms with Crippen molar-refractivity contribution in [3.63, 3.8) is 0 Å². The van der Waals surface area contributed by atoms with Gasteiger partial charge in [0.05, 0.1) is 10.6 Å². The fourth-order valence-corrected chi connectivity index (χ4v) is 6.52. The highest BCUT2D eigenvalue weighted by Crippen LogP contribution is 2.26. The van der Waals surface area contributed by atoms with Gasteiger partial charge in [0.2, 0.25) is 10.0 Å². The topological polar surface area (TPSA) is 53.5 Å². The molecule has 4 rings (SSSR count). The normalized spacial score (nSPS) is 15.5. The molecule has 158 valence electrons. The minimum absolute atomic E-state index is 0.353. The number of aromatic nitrogens is 1. The Balaban J connectivity index is 1.39. The van der Waals surface area contributed by atoms with Gasteiger partial charge in [-0.15, -0.1) is 11.3 Å². The molecule has 1 fully saturated rings. The van der Waals surface area contributed by atoms with Crippen LogP contribution in [0.2, 0.25) is 0 Å². The number of rotatable bonds is 6. The first-order chi connectivity index (χ1) is 14.5. The maximum atomic E-state index is 12.9. The van der Waals surface area contributed by atoms with E-state index >= 15 is 0 Å². The van der Waals surface area contributed by atoms with Crippen molar-refractivity contribution in [1.29, 1.82) is 0 Å². The number of benzene rings is 2. The summed E-state index contributed by atoms with van der Waals surface area (Å²) in [6.45, 7) is 2.21. The van der Waals surface area contributed by atoms with Crippen LogP contribution < -0.4 is 4.90 Å². The Hall–Kier alpha value is -1.26. The van der Waals surface area contributed by atoms with Crippen molar-refractivity contribution in [3.8, 4) is 0 Å². The van der Waals surface area contributed by atoms with Crippen LogP contribution >= 0.6 is 43.2 Å². The number of hydrogen-bond donors (Lipinski definition) is 0. The maximum absolute atomic E-state index is 12.9. The number of sulfonamides is 1. The molecule has 30 heavy (non-hydrogen) atoms. The van der Waals surface area contributed by atoms with E-state index < -0.39 is 10.0 Å². The predicted octanol–water partition coefficient (Wildman–Crippen LogP) is 4.90. The average Bonchev–Trinajstić information content (AvgIpc) is 3.22. The summed E-state index contributed by atoms with van der Waals surface area (Å²) in [4.78, 5) is 7.31. The van der Waals surface area contributed by atoms with Crippen LogP contribution in [-0.4, -0.2) is 43.9 Å². The van der Waals surface area contributed by atoms with E-state index in [9.17, 15) is 8.42 Å². The van der Waals surface area contributed by atoms with E-state index in [2.05, 4.69) is 54.3 Å². The predicted molar refractivity (Wildman–Crippen MR) is 129 cm³/mol.